The summed E-state index contributed by atoms with van der Waals surface area (Å²) in [6.07, 6.45) is 16.8. The second kappa shape index (κ2) is 13.5. The molecule has 0 amide bonds. The average molecular weight is 365 g/mol. The van der Waals surface area contributed by atoms with E-state index in [9.17, 15) is 4.79 Å². The molecule has 0 fully saturated rings. The Balaban J connectivity index is 2.86. The van der Waals surface area contributed by atoms with E-state index in [1.165, 1.54) is 76.3 Å². The third kappa shape index (κ3) is 9.00. The monoisotopic (exact) mass is 364 g/mol. The molecule has 144 valence electrons. The molecule has 0 saturated heterocycles. The minimum absolute atomic E-state index is 0.414. The molecular formula is C23H41OP. The van der Waals surface area contributed by atoms with Crippen molar-refractivity contribution in [3.63, 3.8) is 0 Å². The summed E-state index contributed by atoms with van der Waals surface area (Å²) in [6.45, 7) is 6.85. The number of ketones is 1. The molecule has 0 radical (unpaired) electrons. The molecule has 2 heteroatoms. The molecular weight excluding hydrogens is 323 g/mol. The zero-order valence-electron chi connectivity index (χ0n) is 17.0. The van der Waals surface area contributed by atoms with Gasteiger partial charge in [-0.05, 0) is 0 Å². The van der Waals surface area contributed by atoms with Gasteiger partial charge < -0.3 is 0 Å². The van der Waals surface area contributed by atoms with E-state index in [1.54, 1.807) is 0 Å². The van der Waals surface area contributed by atoms with Crippen LogP contribution in [0.15, 0.2) is 30.3 Å². The number of Topliss-reactive ketones (excluding diaryl/α,β-unsaturated/α-hetero) is 1. The van der Waals surface area contributed by atoms with Gasteiger partial charge in [-0.3, -0.25) is 0 Å². The summed E-state index contributed by atoms with van der Waals surface area (Å²) < 4.78 is 0. The van der Waals surface area contributed by atoms with E-state index in [-0.39, 0.29) is 0 Å². The molecule has 0 aromatic heterocycles. The summed E-state index contributed by atoms with van der Waals surface area (Å²) in [5.41, 5.74) is 0.931. The van der Waals surface area contributed by atoms with Gasteiger partial charge in [0.15, 0.2) is 0 Å². The number of hydrogen-bond acceptors (Lipinski definition) is 1. The molecule has 1 rings (SSSR count). The van der Waals surface area contributed by atoms with Crippen LogP contribution in [-0.2, 0) is 0 Å². The molecule has 0 unspecified atom stereocenters. The van der Waals surface area contributed by atoms with Gasteiger partial charge in [-0.1, -0.05) is 0 Å². The van der Waals surface area contributed by atoms with Gasteiger partial charge in [0, 0.05) is 0 Å². The van der Waals surface area contributed by atoms with Gasteiger partial charge in [-0.15, -0.1) is 0 Å². The van der Waals surface area contributed by atoms with Crippen molar-refractivity contribution in [2.75, 3.05) is 24.6 Å². The third-order valence-electron chi connectivity index (χ3n) is 5.56. The Hall–Kier alpha value is -0.680. The van der Waals surface area contributed by atoms with E-state index in [1.807, 2.05) is 30.3 Å². The van der Waals surface area contributed by atoms with E-state index in [0.717, 1.165) is 11.7 Å². The van der Waals surface area contributed by atoms with Gasteiger partial charge in [0.25, 0.3) is 0 Å². The number of hydrogen-bond donors (Lipinski definition) is 0. The van der Waals surface area contributed by atoms with E-state index in [4.69, 9.17) is 0 Å². The Morgan fingerprint density at radius 3 is 1.56 bits per heavy atom. The Bertz CT molecular complexity index is 428. The molecule has 0 aliphatic heterocycles. The first kappa shape index (κ1) is 22.4. The van der Waals surface area contributed by atoms with Crippen LogP contribution in [0.2, 0.25) is 0 Å². The first-order valence-electron chi connectivity index (χ1n) is 10.8. The van der Waals surface area contributed by atoms with Crippen LogP contribution < -0.4 is 0 Å². The summed E-state index contributed by atoms with van der Waals surface area (Å²) in [7, 11) is -1.50. The summed E-state index contributed by atoms with van der Waals surface area (Å²) in [5.74, 6) is 0.414. The van der Waals surface area contributed by atoms with Crippen molar-refractivity contribution in [2.24, 2.45) is 0 Å². The van der Waals surface area contributed by atoms with Crippen LogP contribution in [0.3, 0.4) is 0 Å². The summed E-state index contributed by atoms with van der Waals surface area (Å²) in [4.78, 5) is 13.0. The maximum absolute atomic E-state index is 13.0. The standard InChI is InChI=1S/C23H41OP/c1-4-7-13-18-25(19-14-8-5-2,20-15-9-6-3)21-23(24)22-16-11-10-12-17-22/h10-12,16-17,25H,4-9,13-15,18-21H2,1-3H3. The molecule has 0 atom stereocenters. The van der Waals surface area contributed by atoms with Crippen molar-refractivity contribution in [1.82, 2.24) is 0 Å². The van der Waals surface area contributed by atoms with Crippen molar-refractivity contribution in [3.05, 3.63) is 35.9 Å². The predicted molar refractivity (Wildman–Crippen MR) is 117 cm³/mol. The molecule has 0 saturated carbocycles. The summed E-state index contributed by atoms with van der Waals surface area (Å²) >= 11 is 0. The summed E-state index contributed by atoms with van der Waals surface area (Å²) in [6, 6.07) is 10.0. The van der Waals surface area contributed by atoms with Gasteiger partial charge in [0.05, 0.1) is 0 Å². The van der Waals surface area contributed by atoms with Crippen LogP contribution in [0.1, 0.15) is 88.9 Å². The molecule has 0 bridgehead atoms. The fourth-order valence-electron chi connectivity index (χ4n) is 3.96. The zero-order valence-corrected chi connectivity index (χ0v) is 18.0. The topological polar surface area (TPSA) is 17.1 Å². The van der Waals surface area contributed by atoms with Gasteiger partial charge in [-0.25, -0.2) is 0 Å². The zero-order chi connectivity index (χ0) is 18.4. The van der Waals surface area contributed by atoms with Crippen molar-refractivity contribution < 1.29 is 4.79 Å². The Kier molecular flexibility index (Phi) is 12.1. The second-order valence-electron chi connectivity index (χ2n) is 7.84. The summed E-state index contributed by atoms with van der Waals surface area (Å²) in [5, 5.41) is 0. The van der Waals surface area contributed by atoms with Gasteiger partial charge in [0.2, 0.25) is 0 Å². The van der Waals surface area contributed by atoms with Crippen LogP contribution in [0.4, 0.5) is 0 Å². The first-order valence-corrected chi connectivity index (χ1v) is 13.6. The first-order chi connectivity index (χ1) is 12.2. The number of benzene rings is 1. The quantitative estimate of drug-likeness (QED) is 0.183. The molecule has 0 aliphatic rings. The van der Waals surface area contributed by atoms with Crippen molar-refractivity contribution in [3.8, 4) is 0 Å². The third-order valence-corrected chi connectivity index (χ3v) is 10.9. The van der Waals surface area contributed by atoms with E-state index >= 15 is 0 Å². The molecule has 0 heterocycles. The second-order valence-corrected chi connectivity index (χ2v) is 12.7. The average Bonchev–Trinajstić information content (AvgIpc) is 2.63. The number of carbonyl (C=O) groups excluding carboxylic acids is 1. The fourth-order valence-corrected chi connectivity index (χ4v) is 9.12. The molecule has 1 aromatic rings. The van der Waals surface area contributed by atoms with E-state index in [2.05, 4.69) is 20.8 Å². The predicted octanol–water partition coefficient (Wildman–Crippen LogP) is 7.19. The van der Waals surface area contributed by atoms with Crippen LogP contribution in [0, 0.1) is 0 Å². The van der Waals surface area contributed by atoms with Crippen LogP contribution in [-0.4, -0.2) is 30.4 Å². The fraction of sp³-hybridized carbons (Fsp3) is 0.696. The Morgan fingerprint density at radius 2 is 1.16 bits per heavy atom. The van der Waals surface area contributed by atoms with Crippen molar-refractivity contribution >= 4 is 13.0 Å². The van der Waals surface area contributed by atoms with Gasteiger partial charge in [0.1, 0.15) is 0 Å². The maximum atomic E-state index is 13.0. The van der Waals surface area contributed by atoms with E-state index < -0.39 is 7.26 Å². The Morgan fingerprint density at radius 1 is 0.720 bits per heavy atom. The van der Waals surface area contributed by atoms with Crippen molar-refractivity contribution in [1.29, 1.82) is 0 Å². The normalized spacial score (nSPS) is 12.3. The minimum atomic E-state index is -1.50. The number of unbranched alkanes of at least 4 members (excludes halogenated alkanes) is 6. The van der Waals surface area contributed by atoms with E-state index in [0.29, 0.717) is 5.78 Å². The SMILES string of the molecule is CCCCC[PH](CCCCC)(CCCCC)CC(=O)c1ccccc1. The molecule has 1 aromatic carbocycles. The van der Waals surface area contributed by atoms with Crippen LogP contribution >= 0.6 is 7.26 Å². The van der Waals surface area contributed by atoms with Gasteiger partial charge in [-0.2, -0.15) is 0 Å². The van der Waals surface area contributed by atoms with Crippen molar-refractivity contribution in [2.45, 2.75) is 78.6 Å². The molecule has 25 heavy (non-hydrogen) atoms. The molecule has 0 aliphatic carbocycles. The van der Waals surface area contributed by atoms with Gasteiger partial charge >= 0.3 is 157 Å². The number of carbonyl (C=O) groups is 1. The number of rotatable bonds is 15. The molecule has 1 nitrogen and oxygen atoms in total. The molecule has 0 N–H and O–H groups in total. The van der Waals surface area contributed by atoms with Crippen LogP contribution in [0.5, 0.6) is 0 Å². The van der Waals surface area contributed by atoms with Crippen LogP contribution in [0.25, 0.3) is 0 Å². The Labute approximate surface area is 157 Å². The molecule has 0 spiro atoms.